The smallest absolute Gasteiger partial charge is 0.335 e. The van der Waals surface area contributed by atoms with Crippen LogP contribution in [-0.4, -0.2) is 18.6 Å². The van der Waals surface area contributed by atoms with Gasteiger partial charge in [0.2, 0.25) is 0 Å². The van der Waals surface area contributed by atoms with Crippen molar-refractivity contribution >= 4 is 5.97 Å². The molecule has 0 aromatic rings. The maximum Gasteiger partial charge on any atom is 0.335 e. The third-order valence-electron chi connectivity index (χ3n) is 1.54. The second kappa shape index (κ2) is 2.24. The average Bonchev–Trinajstić information content (AvgIpc) is 2.69. The van der Waals surface area contributed by atoms with E-state index >= 15 is 0 Å². The zero-order valence-corrected chi connectivity index (χ0v) is 5.70. The van der Waals surface area contributed by atoms with Gasteiger partial charge in [0.1, 0.15) is 0 Å². The van der Waals surface area contributed by atoms with Crippen LogP contribution < -0.4 is 5.84 Å². The Kier molecular flexibility index (Phi) is 1.57. The zero-order chi connectivity index (χ0) is 7.61. The highest BCUT2D eigenvalue weighted by Gasteiger charge is 2.52. The first-order valence-electron chi connectivity index (χ1n) is 2.96. The molecule has 0 aromatic heterocycles. The van der Waals surface area contributed by atoms with Gasteiger partial charge in [-0.1, -0.05) is 5.22 Å². The van der Waals surface area contributed by atoms with E-state index in [1.807, 2.05) is 0 Å². The van der Waals surface area contributed by atoms with E-state index in [0.29, 0.717) is 12.8 Å². The number of ether oxygens (including phenoxy) is 1. The second-order valence-corrected chi connectivity index (χ2v) is 2.24. The van der Waals surface area contributed by atoms with Crippen molar-refractivity contribution in [3.63, 3.8) is 0 Å². The van der Waals surface area contributed by atoms with Crippen molar-refractivity contribution in [3.05, 3.63) is 0 Å². The van der Waals surface area contributed by atoms with E-state index in [4.69, 9.17) is 5.84 Å². The SMILES string of the molecule is COC(=O)C1(N=NN)CC1. The minimum absolute atomic E-state index is 0.346. The van der Waals surface area contributed by atoms with Crippen molar-refractivity contribution in [2.45, 2.75) is 18.4 Å². The molecule has 0 heterocycles. The Bertz CT molecular complexity index is 174. The van der Waals surface area contributed by atoms with Crippen LogP contribution >= 0.6 is 0 Å². The molecule has 1 aliphatic carbocycles. The minimum atomic E-state index is -0.719. The fraction of sp³-hybridized carbons (Fsp3) is 0.800. The molecule has 0 radical (unpaired) electrons. The van der Waals surface area contributed by atoms with Gasteiger partial charge in [-0.2, -0.15) is 5.11 Å². The fourth-order valence-electron chi connectivity index (χ4n) is 0.764. The molecule has 0 spiro atoms. The summed E-state index contributed by atoms with van der Waals surface area (Å²) in [7, 11) is 1.33. The molecular weight excluding hydrogens is 134 g/mol. The topological polar surface area (TPSA) is 77.0 Å². The van der Waals surface area contributed by atoms with E-state index < -0.39 is 5.54 Å². The highest BCUT2D eigenvalue weighted by atomic mass is 16.5. The van der Waals surface area contributed by atoms with Gasteiger partial charge in [0.25, 0.3) is 0 Å². The summed E-state index contributed by atoms with van der Waals surface area (Å²) in [5.41, 5.74) is -0.719. The van der Waals surface area contributed by atoms with Crippen molar-refractivity contribution in [1.82, 2.24) is 0 Å². The Labute approximate surface area is 58.2 Å². The third kappa shape index (κ3) is 0.940. The quantitative estimate of drug-likeness (QED) is 0.256. The van der Waals surface area contributed by atoms with Gasteiger partial charge in [-0.25, -0.2) is 4.79 Å². The molecule has 56 valence electrons. The van der Waals surface area contributed by atoms with Crippen LogP contribution in [-0.2, 0) is 9.53 Å². The summed E-state index contributed by atoms with van der Waals surface area (Å²) in [5, 5.41) is 6.63. The number of hydrogen-bond donors (Lipinski definition) is 1. The van der Waals surface area contributed by atoms with Gasteiger partial charge in [0.05, 0.1) is 7.11 Å². The molecule has 1 saturated carbocycles. The lowest BCUT2D eigenvalue weighted by Gasteiger charge is -2.02. The van der Waals surface area contributed by atoms with Crippen LogP contribution in [0, 0.1) is 0 Å². The van der Waals surface area contributed by atoms with Crippen LogP contribution in [0.15, 0.2) is 10.3 Å². The first-order chi connectivity index (χ1) is 4.75. The van der Waals surface area contributed by atoms with Gasteiger partial charge in [-0.05, 0) is 12.8 Å². The molecule has 1 aliphatic rings. The Morgan fingerprint density at radius 1 is 1.70 bits per heavy atom. The first-order valence-corrected chi connectivity index (χ1v) is 2.96. The summed E-state index contributed by atoms with van der Waals surface area (Å²) < 4.78 is 4.48. The van der Waals surface area contributed by atoms with E-state index in [9.17, 15) is 4.79 Å². The number of carbonyl (C=O) groups is 1. The summed E-state index contributed by atoms with van der Waals surface area (Å²) in [5.74, 6) is 4.45. The standard InChI is InChI=1S/C5H9N3O2/c1-10-4(9)5(2-3-5)7-8-6/h2-3H2,1H3,(H2,6,7). The predicted molar refractivity (Wildman–Crippen MR) is 33.0 cm³/mol. The fourth-order valence-corrected chi connectivity index (χ4v) is 0.764. The molecule has 1 fully saturated rings. The predicted octanol–water partition coefficient (Wildman–Crippen LogP) is 0.0179. The van der Waals surface area contributed by atoms with Crippen molar-refractivity contribution in [2.24, 2.45) is 16.2 Å². The van der Waals surface area contributed by atoms with Crippen molar-refractivity contribution in [1.29, 1.82) is 0 Å². The van der Waals surface area contributed by atoms with Crippen LogP contribution in [0.1, 0.15) is 12.8 Å². The maximum atomic E-state index is 10.9. The highest BCUT2D eigenvalue weighted by Crippen LogP contribution is 2.40. The van der Waals surface area contributed by atoms with Crippen LogP contribution in [0.3, 0.4) is 0 Å². The monoisotopic (exact) mass is 143 g/mol. The largest absolute Gasteiger partial charge is 0.467 e. The van der Waals surface area contributed by atoms with Gasteiger partial charge in [-0.15, -0.1) is 0 Å². The van der Waals surface area contributed by atoms with E-state index in [2.05, 4.69) is 15.1 Å². The molecule has 0 aliphatic heterocycles. The van der Waals surface area contributed by atoms with E-state index in [1.165, 1.54) is 7.11 Å². The molecule has 0 atom stereocenters. The summed E-state index contributed by atoms with van der Waals surface area (Å²) >= 11 is 0. The number of carbonyl (C=O) groups excluding carboxylic acids is 1. The van der Waals surface area contributed by atoms with E-state index in [0.717, 1.165) is 0 Å². The first kappa shape index (κ1) is 6.98. The average molecular weight is 143 g/mol. The molecule has 10 heavy (non-hydrogen) atoms. The Hall–Kier alpha value is -1.13. The molecule has 5 heteroatoms. The van der Waals surface area contributed by atoms with Crippen LogP contribution in [0.5, 0.6) is 0 Å². The number of esters is 1. The van der Waals surface area contributed by atoms with Crippen LogP contribution in [0.2, 0.25) is 0 Å². The third-order valence-corrected chi connectivity index (χ3v) is 1.54. The number of rotatable bonds is 2. The minimum Gasteiger partial charge on any atom is -0.467 e. The van der Waals surface area contributed by atoms with Gasteiger partial charge in [0, 0.05) is 0 Å². The van der Waals surface area contributed by atoms with Crippen molar-refractivity contribution in [3.8, 4) is 0 Å². The number of nitrogens with two attached hydrogens (primary N) is 1. The number of hydrogen-bond acceptors (Lipinski definition) is 4. The normalized spacial score (nSPS) is 20.9. The van der Waals surface area contributed by atoms with Crippen molar-refractivity contribution < 1.29 is 9.53 Å². The molecule has 1 rings (SSSR count). The van der Waals surface area contributed by atoms with E-state index in [1.54, 1.807) is 0 Å². The van der Waals surface area contributed by atoms with Gasteiger partial charge >= 0.3 is 5.97 Å². The van der Waals surface area contributed by atoms with E-state index in [-0.39, 0.29) is 5.97 Å². The Balaban J connectivity index is 2.60. The van der Waals surface area contributed by atoms with Crippen LogP contribution in [0.4, 0.5) is 0 Å². The Morgan fingerprint density at radius 2 is 2.30 bits per heavy atom. The molecule has 0 unspecified atom stereocenters. The number of nitrogens with zero attached hydrogens (tertiary/aromatic N) is 2. The maximum absolute atomic E-state index is 10.9. The second-order valence-electron chi connectivity index (χ2n) is 2.24. The molecule has 0 bridgehead atoms. The van der Waals surface area contributed by atoms with Gasteiger partial charge in [0.15, 0.2) is 5.54 Å². The molecule has 2 N–H and O–H groups in total. The van der Waals surface area contributed by atoms with Crippen LogP contribution in [0.25, 0.3) is 0 Å². The molecule has 0 amide bonds. The lowest BCUT2D eigenvalue weighted by atomic mass is 10.3. The Morgan fingerprint density at radius 3 is 2.60 bits per heavy atom. The zero-order valence-electron chi connectivity index (χ0n) is 5.70. The summed E-state index contributed by atoms with van der Waals surface area (Å²) in [6.07, 6.45) is 1.39. The molecule has 0 aromatic carbocycles. The lowest BCUT2D eigenvalue weighted by Crippen LogP contribution is -2.21. The molecule has 5 nitrogen and oxygen atoms in total. The van der Waals surface area contributed by atoms with Crippen molar-refractivity contribution in [2.75, 3.05) is 7.11 Å². The number of methoxy groups -OCH3 is 1. The van der Waals surface area contributed by atoms with Gasteiger partial charge in [-0.3, -0.25) is 0 Å². The van der Waals surface area contributed by atoms with Gasteiger partial charge < -0.3 is 10.6 Å². The molecular formula is C5H9N3O2. The summed E-state index contributed by atoms with van der Waals surface area (Å²) in [6.45, 7) is 0. The lowest BCUT2D eigenvalue weighted by molar-refractivity contribution is -0.143. The summed E-state index contributed by atoms with van der Waals surface area (Å²) in [4.78, 5) is 10.9. The highest BCUT2D eigenvalue weighted by molar-refractivity contribution is 5.84. The summed E-state index contributed by atoms with van der Waals surface area (Å²) in [6, 6.07) is 0. The molecule has 0 saturated heterocycles.